The molecule has 3 rings (SSSR count). The van der Waals surface area contributed by atoms with Crippen LogP contribution in [0.5, 0.6) is 0 Å². The van der Waals surface area contributed by atoms with Crippen molar-refractivity contribution < 1.29 is 0 Å². The first-order valence-electron chi connectivity index (χ1n) is 5.40. The van der Waals surface area contributed by atoms with E-state index < -0.39 is 0 Å². The second-order valence-electron chi connectivity index (χ2n) is 4.41. The van der Waals surface area contributed by atoms with Crippen molar-refractivity contribution in [1.82, 2.24) is 14.5 Å². The van der Waals surface area contributed by atoms with Gasteiger partial charge in [-0.2, -0.15) is 5.10 Å². The molecular weight excluding hydrogens is 186 g/mol. The highest BCUT2D eigenvalue weighted by atomic mass is 15.2. The Kier molecular flexibility index (Phi) is 1.83. The molecule has 78 valence electrons. The molecule has 2 aromatic heterocycles. The molecular formula is C12H15N3. The van der Waals surface area contributed by atoms with Crippen molar-refractivity contribution in [2.75, 3.05) is 14.1 Å². The van der Waals surface area contributed by atoms with Gasteiger partial charge in [-0.3, -0.25) is 0 Å². The lowest BCUT2D eigenvalue weighted by Gasteiger charge is -2.17. The van der Waals surface area contributed by atoms with Crippen molar-refractivity contribution in [3.05, 3.63) is 35.7 Å². The van der Waals surface area contributed by atoms with Gasteiger partial charge in [0.25, 0.3) is 0 Å². The van der Waals surface area contributed by atoms with Crippen LogP contribution in [0.3, 0.4) is 0 Å². The summed E-state index contributed by atoms with van der Waals surface area (Å²) < 4.78 is 2.00. The number of fused-ring (bicyclic) bond motifs is 3. The smallest absolute Gasteiger partial charge is 0.0838 e. The van der Waals surface area contributed by atoms with Gasteiger partial charge in [-0.25, -0.2) is 4.52 Å². The lowest BCUT2D eigenvalue weighted by Crippen LogP contribution is -2.18. The summed E-state index contributed by atoms with van der Waals surface area (Å²) in [5, 5.41) is 4.67. The van der Waals surface area contributed by atoms with Gasteiger partial charge in [0.1, 0.15) is 0 Å². The number of aromatic nitrogens is 2. The van der Waals surface area contributed by atoms with Crippen LogP contribution >= 0.6 is 0 Å². The first-order valence-corrected chi connectivity index (χ1v) is 5.40. The fraction of sp³-hybridized carbons (Fsp3) is 0.417. The van der Waals surface area contributed by atoms with E-state index >= 15 is 0 Å². The fourth-order valence-electron chi connectivity index (χ4n) is 2.51. The first kappa shape index (κ1) is 8.92. The Morgan fingerprint density at radius 2 is 2.27 bits per heavy atom. The van der Waals surface area contributed by atoms with E-state index in [9.17, 15) is 0 Å². The van der Waals surface area contributed by atoms with E-state index in [4.69, 9.17) is 0 Å². The second-order valence-corrected chi connectivity index (χ2v) is 4.41. The van der Waals surface area contributed by atoms with E-state index in [1.54, 1.807) is 0 Å². The molecule has 2 heterocycles. The van der Waals surface area contributed by atoms with Crippen LogP contribution in [0.25, 0.3) is 5.52 Å². The number of hydrogen-bond donors (Lipinski definition) is 0. The lowest BCUT2D eigenvalue weighted by molar-refractivity contribution is 0.292. The summed E-state index contributed by atoms with van der Waals surface area (Å²) >= 11 is 0. The van der Waals surface area contributed by atoms with Gasteiger partial charge in [0.2, 0.25) is 0 Å². The van der Waals surface area contributed by atoms with E-state index in [0.29, 0.717) is 6.04 Å². The Bertz CT molecular complexity index is 499. The zero-order valence-electron chi connectivity index (χ0n) is 9.14. The van der Waals surface area contributed by atoms with Gasteiger partial charge in [0.15, 0.2) is 0 Å². The van der Waals surface area contributed by atoms with E-state index in [1.165, 1.54) is 23.2 Å². The summed E-state index contributed by atoms with van der Waals surface area (Å²) in [7, 11) is 4.26. The molecule has 0 N–H and O–H groups in total. The van der Waals surface area contributed by atoms with Gasteiger partial charge in [0, 0.05) is 11.8 Å². The standard InChI is InChI=1S/C12H15N3/c1-14(2)11-7-6-9-10-5-3-4-8-15(10)13-12(9)11/h3-5,8,11H,6-7H2,1-2H3. The molecule has 0 saturated heterocycles. The molecule has 1 aliphatic carbocycles. The van der Waals surface area contributed by atoms with Crippen LogP contribution in [0.2, 0.25) is 0 Å². The van der Waals surface area contributed by atoms with Gasteiger partial charge >= 0.3 is 0 Å². The molecule has 0 spiro atoms. The summed E-state index contributed by atoms with van der Waals surface area (Å²) in [6, 6.07) is 6.77. The Balaban J connectivity index is 2.21. The summed E-state index contributed by atoms with van der Waals surface area (Å²) in [6.07, 6.45) is 4.39. The van der Waals surface area contributed by atoms with Gasteiger partial charge in [-0.15, -0.1) is 0 Å². The average Bonchev–Trinajstić information content (AvgIpc) is 2.74. The highest BCUT2D eigenvalue weighted by Gasteiger charge is 2.28. The van der Waals surface area contributed by atoms with E-state index in [0.717, 1.165) is 6.42 Å². The van der Waals surface area contributed by atoms with Crippen LogP contribution < -0.4 is 0 Å². The van der Waals surface area contributed by atoms with Crippen LogP contribution in [-0.2, 0) is 6.42 Å². The summed E-state index contributed by atoms with van der Waals surface area (Å²) in [4.78, 5) is 2.26. The molecule has 1 atom stereocenters. The van der Waals surface area contributed by atoms with Crippen molar-refractivity contribution in [2.24, 2.45) is 0 Å². The van der Waals surface area contributed by atoms with Crippen molar-refractivity contribution in [3.8, 4) is 0 Å². The minimum atomic E-state index is 0.500. The molecule has 0 saturated carbocycles. The molecule has 1 unspecified atom stereocenters. The number of hydrogen-bond acceptors (Lipinski definition) is 2. The predicted octanol–water partition coefficient (Wildman–Crippen LogP) is 1.88. The van der Waals surface area contributed by atoms with Gasteiger partial charge in [0.05, 0.1) is 17.3 Å². The monoisotopic (exact) mass is 201 g/mol. The van der Waals surface area contributed by atoms with E-state index in [-0.39, 0.29) is 0 Å². The van der Waals surface area contributed by atoms with Crippen LogP contribution in [0.1, 0.15) is 23.7 Å². The third-order valence-corrected chi connectivity index (χ3v) is 3.28. The first-order chi connectivity index (χ1) is 7.27. The third kappa shape index (κ3) is 1.20. The Morgan fingerprint density at radius 3 is 3.07 bits per heavy atom. The predicted molar refractivity (Wildman–Crippen MR) is 59.9 cm³/mol. The van der Waals surface area contributed by atoms with Crippen LogP contribution in [-0.4, -0.2) is 28.6 Å². The summed E-state index contributed by atoms with van der Waals surface area (Å²) in [5.74, 6) is 0. The topological polar surface area (TPSA) is 20.5 Å². The number of aryl methyl sites for hydroxylation is 1. The van der Waals surface area contributed by atoms with Gasteiger partial charge in [-0.1, -0.05) is 6.07 Å². The second kappa shape index (κ2) is 3.07. The fourth-order valence-corrected chi connectivity index (χ4v) is 2.51. The maximum absolute atomic E-state index is 4.67. The molecule has 0 bridgehead atoms. The SMILES string of the molecule is CN(C)C1CCc2c1nn1ccccc21. The summed E-state index contributed by atoms with van der Waals surface area (Å²) in [5.41, 5.74) is 3.98. The van der Waals surface area contributed by atoms with Crippen LogP contribution in [0.15, 0.2) is 24.4 Å². The van der Waals surface area contributed by atoms with Crippen molar-refractivity contribution >= 4 is 5.52 Å². The highest BCUT2D eigenvalue weighted by molar-refractivity contribution is 5.58. The molecule has 1 aliphatic rings. The normalized spacial score (nSPS) is 20.1. The van der Waals surface area contributed by atoms with Crippen LogP contribution in [0, 0.1) is 0 Å². The third-order valence-electron chi connectivity index (χ3n) is 3.28. The van der Waals surface area contributed by atoms with Crippen LogP contribution in [0.4, 0.5) is 0 Å². The molecule has 0 radical (unpaired) electrons. The molecule has 3 heteroatoms. The molecule has 0 amide bonds. The molecule has 3 nitrogen and oxygen atoms in total. The van der Waals surface area contributed by atoms with Gasteiger partial charge < -0.3 is 4.90 Å². The molecule has 0 aliphatic heterocycles. The number of rotatable bonds is 1. The largest absolute Gasteiger partial charge is 0.301 e. The number of pyridine rings is 1. The maximum Gasteiger partial charge on any atom is 0.0838 e. The highest BCUT2D eigenvalue weighted by Crippen LogP contribution is 2.35. The van der Waals surface area contributed by atoms with E-state index in [2.05, 4.69) is 36.2 Å². The Hall–Kier alpha value is -1.35. The Morgan fingerprint density at radius 1 is 1.40 bits per heavy atom. The zero-order valence-corrected chi connectivity index (χ0v) is 9.14. The van der Waals surface area contributed by atoms with Crippen molar-refractivity contribution in [3.63, 3.8) is 0 Å². The van der Waals surface area contributed by atoms with Crippen molar-refractivity contribution in [1.29, 1.82) is 0 Å². The molecule has 15 heavy (non-hydrogen) atoms. The van der Waals surface area contributed by atoms with E-state index in [1.807, 2.05) is 16.8 Å². The molecule has 0 fully saturated rings. The van der Waals surface area contributed by atoms with Gasteiger partial charge in [-0.05, 0) is 39.1 Å². The average molecular weight is 201 g/mol. The summed E-state index contributed by atoms with van der Waals surface area (Å²) in [6.45, 7) is 0. The lowest BCUT2D eigenvalue weighted by atomic mass is 10.2. The Labute approximate surface area is 89.3 Å². The van der Waals surface area contributed by atoms with Crippen molar-refractivity contribution in [2.45, 2.75) is 18.9 Å². The minimum Gasteiger partial charge on any atom is -0.301 e. The molecule has 0 aromatic carbocycles. The number of nitrogens with zero attached hydrogens (tertiary/aromatic N) is 3. The maximum atomic E-state index is 4.67. The zero-order chi connectivity index (χ0) is 10.4. The minimum absolute atomic E-state index is 0.500. The molecule has 2 aromatic rings. The quantitative estimate of drug-likeness (QED) is 0.702.